The fourth-order valence-corrected chi connectivity index (χ4v) is 3.71. The highest BCUT2D eigenvalue weighted by Crippen LogP contribution is 2.38. The van der Waals surface area contributed by atoms with Crippen molar-refractivity contribution in [2.75, 3.05) is 12.3 Å². The Balaban J connectivity index is 1.86. The number of aromatic amines is 1. The van der Waals surface area contributed by atoms with Crippen molar-refractivity contribution in [1.82, 2.24) is 15.3 Å². The summed E-state index contributed by atoms with van der Waals surface area (Å²) >= 11 is 1.74. The van der Waals surface area contributed by atoms with Crippen LogP contribution in [0.1, 0.15) is 32.6 Å². The Morgan fingerprint density at radius 3 is 3.28 bits per heavy atom. The number of aromatic nitrogens is 2. The number of imidazole rings is 1. The molecule has 0 aromatic carbocycles. The number of H-pyrrole nitrogens is 1. The standard InChI is InChI=1S/C13H20N4S/c1-2-17-13(10-14)6-3-4-11(13)5-9-18-12-15-7-8-16-12/h7-8,11,17H,2-6,9H2,1H3,(H,15,16). The number of hydrogen-bond donors (Lipinski definition) is 2. The molecule has 5 heteroatoms. The van der Waals surface area contributed by atoms with Gasteiger partial charge in [0.05, 0.1) is 6.07 Å². The van der Waals surface area contributed by atoms with Gasteiger partial charge in [0.15, 0.2) is 5.16 Å². The van der Waals surface area contributed by atoms with Gasteiger partial charge in [0, 0.05) is 18.1 Å². The third-order valence-electron chi connectivity index (χ3n) is 3.69. The Kier molecular flexibility index (Phi) is 4.67. The molecule has 0 saturated heterocycles. The number of thioether (sulfide) groups is 1. The van der Waals surface area contributed by atoms with Crippen LogP contribution in [-0.2, 0) is 0 Å². The van der Waals surface area contributed by atoms with E-state index in [-0.39, 0.29) is 5.54 Å². The van der Waals surface area contributed by atoms with E-state index in [1.807, 2.05) is 6.20 Å². The first-order chi connectivity index (χ1) is 8.80. The number of hydrogen-bond acceptors (Lipinski definition) is 4. The van der Waals surface area contributed by atoms with Crippen LogP contribution in [0, 0.1) is 17.2 Å². The zero-order chi connectivity index (χ0) is 12.8. The van der Waals surface area contributed by atoms with Gasteiger partial charge in [0.1, 0.15) is 5.54 Å². The first-order valence-electron chi connectivity index (χ1n) is 6.59. The van der Waals surface area contributed by atoms with E-state index >= 15 is 0 Å². The van der Waals surface area contributed by atoms with Crippen molar-refractivity contribution in [2.24, 2.45) is 5.92 Å². The molecule has 2 atom stereocenters. The van der Waals surface area contributed by atoms with E-state index in [0.717, 1.165) is 36.7 Å². The zero-order valence-corrected chi connectivity index (χ0v) is 11.6. The number of nitriles is 1. The highest BCUT2D eigenvalue weighted by atomic mass is 32.2. The average Bonchev–Trinajstić information content (AvgIpc) is 3.01. The zero-order valence-electron chi connectivity index (χ0n) is 10.8. The minimum Gasteiger partial charge on any atom is -0.340 e. The first kappa shape index (κ1) is 13.4. The summed E-state index contributed by atoms with van der Waals surface area (Å²) in [7, 11) is 0. The monoisotopic (exact) mass is 264 g/mol. The third kappa shape index (κ3) is 2.88. The summed E-state index contributed by atoms with van der Waals surface area (Å²) in [5, 5.41) is 13.8. The summed E-state index contributed by atoms with van der Waals surface area (Å²) in [5.41, 5.74) is -0.279. The minimum atomic E-state index is -0.279. The average molecular weight is 264 g/mol. The minimum absolute atomic E-state index is 0.279. The van der Waals surface area contributed by atoms with Gasteiger partial charge in [0.25, 0.3) is 0 Å². The highest BCUT2D eigenvalue weighted by Gasteiger charge is 2.41. The van der Waals surface area contributed by atoms with E-state index in [0.29, 0.717) is 5.92 Å². The molecule has 2 rings (SSSR count). The predicted molar refractivity (Wildman–Crippen MR) is 73.3 cm³/mol. The molecule has 98 valence electrons. The van der Waals surface area contributed by atoms with E-state index in [1.54, 1.807) is 18.0 Å². The van der Waals surface area contributed by atoms with Crippen molar-refractivity contribution in [3.05, 3.63) is 12.4 Å². The number of nitrogens with one attached hydrogen (secondary N) is 2. The molecule has 1 saturated carbocycles. The Labute approximate surface area is 113 Å². The van der Waals surface area contributed by atoms with Crippen LogP contribution in [0.25, 0.3) is 0 Å². The SMILES string of the molecule is CCNC1(C#N)CCCC1CCSc1ncc[nH]1. The lowest BCUT2D eigenvalue weighted by Gasteiger charge is -2.29. The predicted octanol–water partition coefficient (Wildman–Crippen LogP) is 2.56. The van der Waals surface area contributed by atoms with Crippen LogP contribution >= 0.6 is 11.8 Å². The Bertz CT molecular complexity index is 398. The molecule has 0 aliphatic heterocycles. The molecule has 1 aromatic rings. The maximum Gasteiger partial charge on any atom is 0.165 e. The van der Waals surface area contributed by atoms with Crippen LogP contribution in [0.5, 0.6) is 0 Å². The van der Waals surface area contributed by atoms with Crippen LogP contribution in [0.4, 0.5) is 0 Å². The summed E-state index contributed by atoms with van der Waals surface area (Å²) < 4.78 is 0. The quantitative estimate of drug-likeness (QED) is 0.775. The van der Waals surface area contributed by atoms with Gasteiger partial charge in [-0.25, -0.2) is 4.98 Å². The fraction of sp³-hybridized carbons (Fsp3) is 0.692. The van der Waals surface area contributed by atoms with Crippen LogP contribution in [0.2, 0.25) is 0 Å². The molecule has 0 radical (unpaired) electrons. The van der Waals surface area contributed by atoms with Gasteiger partial charge < -0.3 is 4.98 Å². The van der Waals surface area contributed by atoms with E-state index in [9.17, 15) is 5.26 Å². The fourth-order valence-electron chi connectivity index (χ4n) is 2.83. The summed E-state index contributed by atoms with van der Waals surface area (Å²) in [6, 6.07) is 2.53. The molecular weight excluding hydrogens is 244 g/mol. The molecule has 0 bridgehead atoms. The smallest absolute Gasteiger partial charge is 0.165 e. The summed E-state index contributed by atoms with van der Waals surface area (Å²) in [5.74, 6) is 1.50. The molecule has 0 amide bonds. The molecule has 0 spiro atoms. The lowest BCUT2D eigenvalue weighted by atomic mass is 9.86. The summed E-state index contributed by atoms with van der Waals surface area (Å²) in [6.07, 6.45) is 8.02. The van der Waals surface area contributed by atoms with Crippen molar-refractivity contribution >= 4 is 11.8 Å². The molecule has 1 aliphatic rings. The lowest BCUT2D eigenvalue weighted by Crippen LogP contribution is -2.47. The lowest BCUT2D eigenvalue weighted by molar-refractivity contribution is 0.317. The molecule has 18 heavy (non-hydrogen) atoms. The Morgan fingerprint density at radius 2 is 2.61 bits per heavy atom. The first-order valence-corrected chi connectivity index (χ1v) is 7.58. The largest absolute Gasteiger partial charge is 0.340 e. The van der Waals surface area contributed by atoms with Crippen LogP contribution < -0.4 is 5.32 Å². The van der Waals surface area contributed by atoms with E-state index in [1.165, 1.54) is 6.42 Å². The Morgan fingerprint density at radius 1 is 1.72 bits per heavy atom. The topological polar surface area (TPSA) is 64.5 Å². The summed E-state index contributed by atoms with van der Waals surface area (Å²) in [6.45, 7) is 2.95. The van der Waals surface area contributed by atoms with Crippen LogP contribution in [0.15, 0.2) is 17.6 Å². The molecule has 2 N–H and O–H groups in total. The summed E-state index contributed by atoms with van der Waals surface area (Å²) in [4.78, 5) is 7.29. The molecule has 4 nitrogen and oxygen atoms in total. The number of nitrogens with zero attached hydrogens (tertiary/aromatic N) is 2. The van der Waals surface area contributed by atoms with Gasteiger partial charge in [-0.15, -0.1) is 0 Å². The molecule has 1 aliphatic carbocycles. The second kappa shape index (κ2) is 6.26. The molecule has 1 fully saturated rings. The Hall–Kier alpha value is -0.990. The molecule has 1 aromatic heterocycles. The van der Waals surface area contributed by atoms with E-state index in [4.69, 9.17) is 0 Å². The van der Waals surface area contributed by atoms with Crippen molar-refractivity contribution in [1.29, 1.82) is 5.26 Å². The van der Waals surface area contributed by atoms with Gasteiger partial charge in [-0.3, -0.25) is 5.32 Å². The van der Waals surface area contributed by atoms with E-state index in [2.05, 4.69) is 28.3 Å². The number of rotatable bonds is 6. The van der Waals surface area contributed by atoms with Gasteiger partial charge in [-0.05, 0) is 31.7 Å². The van der Waals surface area contributed by atoms with Gasteiger partial charge in [-0.1, -0.05) is 25.1 Å². The van der Waals surface area contributed by atoms with Crippen molar-refractivity contribution in [3.63, 3.8) is 0 Å². The van der Waals surface area contributed by atoms with Crippen molar-refractivity contribution in [2.45, 2.75) is 43.3 Å². The normalized spacial score (nSPS) is 27.2. The third-order valence-corrected chi connectivity index (χ3v) is 4.63. The second-order valence-electron chi connectivity index (χ2n) is 4.73. The van der Waals surface area contributed by atoms with Crippen molar-refractivity contribution < 1.29 is 0 Å². The van der Waals surface area contributed by atoms with Crippen LogP contribution in [0.3, 0.4) is 0 Å². The maximum atomic E-state index is 9.46. The molecular formula is C13H20N4S. The second-order valence-corrected chi connectivity index (χ2v) is 5.82. The van der Waals surface area contributed by atoms with Gasteiger partial charge in [0.2, 0.25) is 0 Å². The van der Waals surface area contributed by atoms with Crippen molar-refractivity contribution in [3.8, 4) is 6.07 Å². The van der Waals surface area contributed by atoms with Gasteiger partial charge >= 0.3 is 0 Å². The van der Waals surface area contributed by atoms with Crippen LogP contribution in [-0.4, -0.2) is 27.8 Å². The van der Waals surface area contributed by atoms with Gasteiger partial charge in [-0.2, -0.15) is 5.26 Å². The highest BCUT2D eigenvalue weighted by molar-refractivity contribution is 7.99. The maximum absolute atomic E-state index is 9.46. The van der Waals surface area contributed by atoms with E-state index < -0.39 is 0 Å². The molecule has 1 heterocycles. The molecule has 2 unspecified atom stereocenters.